The molecule has 0 aliphatic rings. The van der Waals surface area contributed by atoms with E-state index in [4.69, 9.17) is 8.83 Å². The van der Waals surface area contributed by atoms with Crippen LogP contribution < -0.4 is 16.3 Å². The van der Waals surface area contributed by atoms with Crippen LogP contribution in [0, 0.1) is 20.8 Å². The summed E-state index contributed by atoms with van der Waals surface area (Å²) in [6.07, 6.45) is 1.87. The molecule has 0 radical (unpaired) electrons. The highest BCUT2D eigenvalue weighted by Crippen LogP contribution is 2.31. The van der Waals surface area contributed by atoms with Gasteiger partial charge in [-0.15, -0.1) is 0 Å². The maximum absolute atomic E-state index is 13.0. The molecule has 0 bridgehead atoms. The number of amides is 2. The maximum atomic E-state index is 13.0. The fraction of sp³-hybridized carbons (Fsp3) is 0.355. The molecule has 0 saturated carbocycles. The number of nitrogens with one attached hydrogen (secondary N) is 2. The van der Waals surface area contributed by atoms with Crippen LogP contribution in [0.2, 0.25) is 0 Å². The van der Waals surface area contributed by atoms with E-state index in [2.05, 4.69) is 10.6 Å². The molecule has 0 saturated heterocycles. The van der Waals surface area contributed by atoms with Gasteiger partial charge < -0.3 is 24.6 Å². The minimum atomic E-state index is -1.14. The first-order valence-corrected chi connectivity index (χ1v) is 16.0. The smallest absolute Gasteiger partial charge is 0.339 e. The lowest BCUT2D eigenvalue weighted by atomic mass is 10.0. The quantitative estimate of drug-likeness (QED) is 0.183. The highest BCUT2D eigenvalue weighted by molar-refractivity contribution is 7.98. The van der Waals surface area contributed by atoms with Crippen molar-refractivity contribution in [1.29, 1.82) is 0 Å². The van der Waals surface area contributed by atoms with E-state index in [9.17, 15) is 24.3 Å². The van der Waals surface area contributed by atoms with E-state index in [-0.39, 0.29) is 24.3 Å². The van der Waals surface area contributed by atoms with Gasteiger partial charge in [-0.1, -0.05) is 30.3 Å². The van der Waals surface area contributed by atoms with Crippen molar-refractivity contribution < 1.29 is 28.3 Å². The molecule has 0 aliphatic heterocycles. The summed E-state index contributed by atoms with van der Waals surface area (Å²) in [5.74, 6) is -0.294. The predicted octanol–water partition coefficient (Wildman–Crippen LogP) is 4.75. The van der Waals surface area contributed by atoms with Crippen LogP contribution in [0.25, 0.3) is 21.9 Å². The van der Waals surface area contributed by atoms with Crippen molar-refractivity contribution in [3.63, 3.8) is 0 Å². The third kappa shape index (κ3) is 7.38. The first-order valence-electron chi connectivity index (χ1n) is 13.5. The first kappa shape index (κ1) is 31.2. The fourth-order valence-electron chi connectivity index (χ4n) is 4.68. The van der Waals surface area contributed by atoms with Crippen LogP contribution in [0.1, 0.15) is 34.4 Å². The highest BCUT2D eigenvalue weighted by atomic mass is 32.2. The van der Waals surface area contributed by atoms with E-state index >= 15 is 0 Å². The van der Waals surface area contributed by atoms with Gasteiger partial charge in [0.15, 0.2) is 0 Å². The number of carbonyl (C=O) groups is 3. The molecular formula is C31H34N2O7S2. The molecule has 2 aromatic heterocycles. The number of carboxylic acid groups (broad SMARTS) is 1. The Morgan fingerprint density at radius 1 is 0.905 bits per heavy atom. The number of carboxylic acids is 1. The molecule has 0 unspecified atom stereocenters. The number of aliphatic carboxylic acids is 1. The molecule has 4 rings (SSSR count). The lowest BCUT2D eigenvalue weighted by Gasteiger charge is -2.21. The summed E-state index contributed by atoms with van der Waals surface area (Å²) < 4.78 is 11.3. The van der Waals surface area contributed by atoms with Gasteiger partial charge in [0.2, 0.25) is 11.8 Å². The molecule has 3 N–H and O–H groups in total. The average molecular weight is 611 g/mol. The highest BCUT2D eigenvalue weighted by Gasteiger charge is 2.26. The minimum Gasteiger partial charge on any atom is -0.480 e. The van der Waals surface area contributed by atoms with E-state index in [1.165, 1.54) is 23.5 Å². The summed E-state index contributed by atoms with van der Waals surface area (Å²) in [7, 11) is 0. The van der Waals surface area contributed by atoms with Crippen molar-refractivity contribution in [2.24, 2.45) is 0 Å². The van der Waals surface area contributed by atoms with Crippen LogP contribution in [0.5, 0.6) is 0 Å². The lowest BCUT2D eigenvalue weighted by Crippen LogP contribution is -2.53. The average Bonchev–Trinajstić information content (AvgIpc) is 3.23. The van der Waals surface area contributed by atoms with Crippen LogP contribution in [0.15, 0.2) is 56.1 Å². The predicted molar refractivity (Wildman–Crippen MR) is 167 cm³/mol. The molecule has 9 nitrogen and oxygen atoms in total. The summed E-state index contributed by atoms with van der Waals surface area (Å²) in [6.45, 7) is 5.67. The van der Waals surface area contributed by atoms with Crippen molar-refractivity contribution in [1.82, 2.24) is 10.6 Å². The van der Waals surface area contributed by atoms with Crippen LogP contribution in [0.4, 0.5) is 0 Å². The van der Waals surface area contributed by atoms with Crippen molar-refractivity contribution in [3.05, 3.63) is 80.9 Å². The van der Waals surface area contributed by atoms with Gasteiger partial charge in [0.05, 0.1) is 0 Å². The van der Waals surface area contributed by atoms with Gasteiger partial charge in [0.25, 0.3) is 0 Å². The Morgan fingerprint density at radius 2 is 1.60 bits per heavy atom. The number of furan rings is 1. The zero-order valence-corrected chi connectivity index (χ0v) is 25.6. The van der Waals surface area contributed by atoms with E-state index in [1.807, 2.05) is 57.2 Å². The number of fused-ring (bicyclic) bond motifs is 2. The SMILES string of the molecule is CSC[C@@H](NC(=O)CCc1c(C)c2cc3c(C)c(C)oc3cc2oc1=O)C(=O)N[C@H](CSCc1ccccc1)C(=O)O. The molecule has 222 valence electrons. The van der Waals surface area contributed by atoms with Gasteiger partial charge in [0.1, 0.15) is 29.0 Å². The van der Waals surface area contributed by atoms with Crippen molar-refractivity contribution in [2.45, 2.75) is 51.4 Å². The monoisotopic (exact) mass is 610 g/mol. The Kier molecular flexibility index (Phi) is 10.4. The second kappa shape index (κ2) is 14.0. The molecule has 42 heavy (non-hydrogen) atoms. The Balaban J connectivity index is 1.39. The number of aryl methyl sites for hydroxylation is 3. The minimum absolute atomic E-state index is 0.0450. The van der Waals surface area contributed by atoms with Gasteiger partial charge in [-0.25, -0.2) is 9.59 Å². The third-order valence-electron chi connectivity index (χ3n) is 7.18. The Bertz CT molecular complexity index is 1660. The van der Waals surface area contributed by atoms with Gasteiger partial charge >= 0.3 is 11.6 Å². The maximum Gasteiger partial charge on any atom is 0.339 e. The largest absolute Gasteiger partial charge is 0.480 e. The van der Waals surface area contributed by atoms with Crippen molar-refractivity contribution in [3.8, 4) is 0 Å². The summed E-state index contributed by atoms with van der Waals surface area (Å²) in [4.78, 5) is 50.5. The van der Waals surface area contributed by atoms with Crippen molar-refractivity contribution >= 4 is 63.2 Å². The molecule has 0 aliphatic carbocycles. The molecule has 0 spiro atoms. The summed E-state index contributed by atoms with van der Waals surface area (Å²) >= 11 is 2.76. The Labute approximate surface area is 251 Å². The van der Waals surface area contributed by atoms with Gasteiger partial charge in [-0.05, 0) is 56.2 Å². The van der Waals surface area contributed by atoms with Crippen LogP contribution >= 0.6 is 23.5 Å². The van der Waals surface area contributed by atoms with Gasteiger partial charge in [0, 0.05) is 46.1 Å². The second-order valence-corrected chi connectivity index (χ2v) is 12.0. The van der Waals surface area contributed by atoms with Crippen LogP contribution in [-0.4, -0.2) is 52.7 Å². The molecule has 11 heteroatoms. The zero-order valence-electron chi connectivity index (χ0n) is 23.9. The van der Waals surface area contributed by atoms with Gasteiger partial charge in [-0.2, -0.15) is 23.5 Å². The molecular weight excluding hydrogens is 576 g/mol. The molecule has 2 amide bonds. The molecule has 2 heterocycles. The lowest BCUT2D eigenvalue weighted by molar-refractivity contribution is -0.141. The number of benzene rings is 2. The number of hydrogen-bond donors (Lipinski definition) is 3. The van der Waals surface area contributed by atoms with E-state index in [0.29, 0.717) is 22.5 Å². The summed E-state index contributed by atoms with van der Waals surface area (Å²) in [5.41, 5.74) is 3.72. The number of rotatable bonds is 13. The van der Waals surface area contributed by atoms with E-state index in [1.54, 1.807) is 12.3 Å². The van der Waals surface area contributed by atoms with Crippen LogP contribution in [0.3, 0.4) is 0 Å². The number of hydrogen-bond acceptors (Lipinski definition) is 8. The van der Waals surface area contributed by atoms with Crippen molar-refractivity contribution in [2.75, 3.05) is 17.8 Å². The summed E-state index contributed by atoms with van der Waals surface area (Å²) in [5, 5.41) is 16.6. The summed E-state index contributed by atoms with van der Waals surface area (Å²) in [6, 6.07) is 11.3. The number of carbonyl (C=O) groups excluding carboxylic acids is 2. The standard InChI is InChI=1S/C31H34N2O7S2/c1-17-19(3)39-26-13-27-23(12-22(17)26)18(2)21(31(38)40-27)10-11-28(34)32-24(15-41-4)29(35)33-25(30(36)37)16-42-14-20-8-6-5-7-9-20/h5-9,12-13,24-25H,10-11,14-16H2,1-4H3,(H,32,34)(H,33,35)(H,36,37)/t24-,25-/m1/s1. The van der Waals surface area contributed by atoms with E-state index < -0.39 is 35.5 Å². The normalized spacial score (nSPS) is 12.8. The molecule has 4 aromatic rings. The number of thioether (sulfide) groups is 2. The van der Waals surface area contributed by atoms with Crippen LogP contribution in [-0.2, 0) is 26.6 Å². The van der Waals surface area contributed by atoms with Gasteiger partial charge in [-0.3, -0.25) is 9.59 Å². The Hall–Kier alpha value is -3.70. The van der Waals surface area contributed by atoms with E-state index in [0.717, 1.165) is 33.2 Å². The Morgan fingerprint density at radius 3 is 2.29 bits per heavy atom. The molecule has 2 atom stereocenters. The molecule has 2 aromatic carbocycles. The second-order valence-electron chi connectivity index (χ2n) is 10.1. The fourth-order valence-corrected chi connectivity index (χ4v) is 6.26. The molecule has 0 fully saturated rings. The third-order valence-corrected chi connectivity index (χ3v) is 8.95. The topological polar surface area (TPSA) is 139 Å². The first-order chi connectivity index (χ1) is 20.1. The zero-order chi connectivity index (χ0) is 30.4.